The van der Waals surface area contributed by atoms with E-state index in [9.17, 15) is 0 Å². The van der Waals surface area contributed by atoms with Crippen molar-refractivity contribution in [3.05, 3.63) is 0 Å². The van der Waals surface area contributed by atoms with E-state index < -0.39 is 0 Å². The highest BCUT2D eigenvalue weighted by atomic mass is 32.2. The minimum absolute atomic E-state index is 0.555. The molecule has 3 heteroatoms. The number of thioether (sulfide) groups is 1. The molecule has 1 unspecified atom stereocenters. The zero-order chi connectivity index (χ0) is 9.30. The molecule has 70 valence electrons. The van der Waals surface area contributed by atoms with Crippen molar-refractivity contribution in [2.45, 2.75) is 39.8 Å². The quantitative estimate of drug-likeness (QED) is 0.635. The average molecular weight is 203 g/mol. The Morgan fingerprint density at radius 2 is 2.00 bits per heavy atom. The second-order valence-corrected chi connectivity index (χ2v) is 5.54. The van der Waals surface area contributed by atoms with E-state index in [4.69, 9.17) is 12.2 Å². The minimum Gasteiger partial charge on any atom is -0.351 e. The van der Waals surface area contributed by atoms with E-state index in [0.717, 1.165) is 4.32 Å². The lowest BCUT2D eigenvalue weighted by atomic mass is 10.0. The Hall–Kier alpha value is 0.240. The molecule has 0 N–H and O–H groups in total. The van der Waals surface area contributed by atoms with Gasteiger partial charge in [0.1, 0.15) is 4.32 Å². The van der Waals surface area contributed by atoms with E-state index in [1.165, 1.54) is 5.75 Å². The zero-order valence-electron chi connectivity index (χ0n) is 8.20. The van der Waals surface area contributed by atoms with Gasteiger partial charge in [-0.25, -0.2) is 0 Å². The molecule has 0 spiro atoms. The van der Waals surface area contributed by atoms with Crippen LogP contribution in [-0.2, 0) is 0 Å². The van der Waals surface area contributed by atoms with Crippen molar-refractivity contribution in [2.24, 2.45) is 5.92 Å². The fourth-order valence-electron chi connectivity index (χ4n) is 1.55. The molecule has 0 aromatic rings. The van der Waals surface area contributed by atoms with Crippen molar-refractivity contribution in [3.63, 3.8) is 0 Å². The van der Waals surface area contributed by atoms with Crippen molar-refractivity contribution in [3.8, 4) is 0 Å². The Kier molecular flexibility index (Phi) is 3.41. The molecule has 0 aromatic heterocycles. The van der Waals surface area contributed by atoms with Crippen LogP contribution in [0.15, 0.2) is 0 Å². The smallest absolute Gasteiger partial charge is 0.136 e. The van der Waals surface area contributed by atoms with Crippen molar-refractivity contribution in [1.82, 2.24) is 4.90 Å². The maximum atomic E-state index is 5.30. The van der Waals surface area contributed by atoms with Crippen molar-refractivity contribution in [1.29, 1.82) is 0 Å². The molecule has 0 aliphatic carbocycles. The summed E-state index contributed by atoms with van der Waals surface area (Å²) in [5.41, 5.74) is 0. The van der Waals surface area contributed by atoms with Gasteiger partial charge in [0.15, 0.2) is 0 Å². The highest BCUT2D eigenvalue weighted by Gasteiger charge is 2.32. The molecule has 1 atom stereocenters. The first kappa shape index (κ1) is 10.3. The summed E-state index contributed by atoms with van der Waals surface area (Å²) in [7, 11) is 0. The Balaban J connectivity index is 2.70. The maximum absolute atomic E-state index is 5.30. The molecule has 0 amide bonds. The Morgan fingerprint density at radius 1 is 1.42 bits per heavy atom. The van der Waals surface area contributed by atoms with Gasteiger partial charge < -0.3 is 4.90 Å². The molecule has 12 heavy (non-hydrogen) atoms. The van der Waals surface area contributed by atoms with Gasteiger partial charge in [0.2, 0.25) is 0 Å². The van der Waals surface area contributed by atoms with Crippen molar-refractivity contribution >= 4 is 28.3 Å². The first-order valence-corrected chi connectivity index (χ1v) is 5.88. The normalized spacial score (nSPS) is 24.7. The fraction of sp³-hybridized carbons (Fsp3) is 0.889. The van der Waals surface area contributed by atoms with Crippen LogP contribution >= 0.6 is 24.0 Å². The van der Waals surface area contributed by atoms with Gasteiger partial charge in [-0.2, -0.15) is 0 Å². The molecule has 1 heterocycles. The van der Waals surface area contributed by atoms with Crippen LogP contribution in [0.2, 0.25) is 0 Å². The molecule has 1 saturated heterocycles. The third-order valence-electron chi connectivity index (χ3n) is 2.27. The van der Waals surface area contributed by atoms with E-state index in [2.05, 4.69) is 32.6 Å². The molecule has 1 aliphatic heterocycles. The lowest BCUT2D eigenvalue weighted by Gasteiger charge is -2.31. The largest absolute Gasteiger partial charge is 0.351 e. The first-order valence-electron chi connectivity index (χ1n) is 4.49. The SMILES string of the molecule is CC(C)C1CSC(=S)N1C(C)C. The van der Waals surface area contributed by atoms with Gasteiger partial charge in [-0.3, -0.25) is 0 Å². The standard InChI is InChI=1S/C9H17NS2/c1-6(2)8-5-12-9(11)10(8)7(3)4/h6-8H,5H2,1-4H3. The first-order chi connectivity index (χ1) is 5.54. The third kappa shape index (κ3) is 1.94. The number of hydrogen-bond donors (Lipinski definition) is 0. The van der Waals surface area contributed by atoms with Gasteiger partial charge in [-0.1, -0.05) is 37.8 Å². The van der Waals surface area contributed by atoms with Crippen LogP contribution in [0, 0.1) is 5.92 Å². The summed E-state index contributed by atoms with van der Waals surface area (Å²) in [6, 6.07) is 1.21. The lowest BCUT2D eigenvalue weighted by molar-refractivity contribution is 0.245. The Bertz CT molecular complexity index is 177. The van der Waals surface area contributed by atoms with Crippen molar-refractivity contribution in [2.75, 3.05) is 5.75 Å². The Labute approximate surface area is 84.9 Å². The van der Waals surface area contributed by atoms with Crippen molar-refractivity contribution < 1.29 is 0 Å². The number of hydrogen-bond acceptors (Lipinski definition) is 2. The summed E-state index contributed by atoms with van der Waals surface area (Å²) < 4.78 is 1.09. The molecule has 1 rings (SSSR count). The van der Waals surface area contributed by atoms with Gasteiger partial charge in [0.05, 0.1) is 0 Å². The van der Waals surface area contributed by atoms with Crippen LogP contribution in [0.1, 0.15) is 27.7 Å². The lowest BCUT2D eigenvalue weighted by Crippen LogP contribution is -2.41. The van der Waals surface area contributed by atoms with Gasteiger partial charge in [0, 0.05) is 17.8 Å². The number of rotatable bonds is 2. The van der Waals surface area contributed by atoms with Crippen LogP contribution in [0.4, 0.5) is 0 Å². The molecular formula is C9H17NS2. The van der Waals surface area contributed by atoms with E-state index >= 15 is 0 Å². The average Bonchev–Trinajstić information content (AvgIpc) is 2.30. The second-order valence-electron chi connectivity index (χ2n) is 3.89. The van der Waals surface area contributed by atoms with Crippen LogP contribution in [0.25, 0.3) is 0 Å². The zero-order valence-corrected chi connectivity index (χ0v) is 9.84. The van der Waals surface area contributed by atoms with Gasteiger partial charge in [-0.05, 0) is 19.8 Å². The second kappa shape index (κ2) is 3.97. The highest BCUT2D eigenvalue weighted by molar-refractivity contribution is 8.23. The predicted molar refractivity (Wildman–Crippen MR) is 60.7 cm³/mol. The molecule has 1 aliphatic rings. The monoisotopic (exact) mass is 203 g/mol. The van der Waals surface area contributed by atoms with Gasteiger partial charge in [-0.15, -0.1) is 0 Å². The van der Waals surface area contributed by atoms with E-state index in [0.29, 0.717) is 18.0 Å². The fourth-order valence-corrected chi connectivity index (χ4v) is 3.46. The molecule has 0 radical (unpaired) electrons. The summed E-state index contributed by atoms with van der Waals surface area (Å²) in [6.45, 7) is 8.98. The molecule has 0 aromatic carbocycles. The van der Waals surface area contributed by atoms with E-state index in [1.54, 1.807) is 0 Å². The number of nitrogens with zero attached hydrogens (tertiary/aromatic N) is 1. The van der Waals surface area contributed by atoms with E-state index in [-0.39, 0.29) is 0 Å². The summed E-state index contributed by atoms with van der Waals surface area (Å²) in [5, 5.41) is 0. The molecular weight excluding hydrogens is 186 g/mol. The van der Waals surface area contributed by atoms with Crippen LogP contribution in [0.3, 0.4) is 0 Å². The maximum Gasteiger partial charge on any atom is 0.136 e. The van der Waals surface area contributed by atoms with Gasteiger partial charge >= 0.3 is 0 Å². The third-order valence-corrected chi connectivity index (χ3v) is 3.80. The predicted octanol–water partition coefficient (Wildman–Crippen LogP) is 2.75. The van der Waals surface area contributed by atoms with Crippen LogP contribution < -0.4 is 0 Å². The highest BCUT2D eigenvalue weighted by Crippen LogP contribution is 2.30. The Morgan fingerprint density at radius 3 is 2.33 bits per heavy atom. The summed E-state index contributed by atoms with van der Waals surface area (Å²) in [5.74, 6) is 1.88. The topological polar surface area (TPSA) is 3.24 Å². The minimum atomic E-state index is 0.555. The molecule has 0 bridgehead atoms. The molecule has 1 fully saturated rings. The van der Waals surface area contributed by atoms with E-state index in [1.807, 2.05) is 11.8 Å². The number of thiocarbonyl (C=S) groups is 1. The summed E-state index contributed by atoms with van der Waals surface area (Å²) in [6.07, 6.45) is 0. The summed E-state index contributed by atoms with van der Waals surface area (Å²) in [4.78, 5) is 2.38. The summed E-state index contributed by atoms with van der Waals surface area (Å²) >= 11 is 7.13. The van der Waals surface area contributed by atoms with Gasteiger partial charge in [0.25, 0.3) is 0 Å². The molecule has 0 saturated carbocycles. The molecule has 1 nitrogen and oxygen atoms in total. The van der Waals surface area contributed by atoms with Crippen LogP contribution in [-0.4, -0.2) is 27.1 Å². The van der Waals surface area contributed by atoms with Crippen LogP contribution in [0.5, 0.6) is 0 Å².